The molecule has 0 saturated heterocycles. The van der Waals surface area contributed by atoms with Crippen LogP contribution in [0.4, 0.5) is 0 Å². The van der Waals surface area contributed by atoms with Crippen molar-refractivity contribution in [1.82, 2.24) is 4.90 Å². The highest BCUT2D eigenvalue weighted by molar-refractivity contribution is 5.94. The van der Waals surface area contributed by atoms with Gasteiger partial charge >= 0.3 is 0 Å². The fourth-order valence-electron chi connectivity index (χ4n) is 1.36. The number of aliphatic hydroxyl groups excluding tert-OH is 1. The zero-order chi connectivity index (χ0) is 12.8. The molecule has 0 unspecified atom stereocenters. The second kappa shape index (κ2) is 6.07. The second-order valence-electron chi connectivity index (χ2n) is 4.00. The van der Waals surface area contributed by atoms with Crippen LogP contribution >= 0.6 is 0 Å². The highest BCUT2D eigenvalue weighted by atomic mass is 16.2. The third-order valence-corrected chi connectivity index (χ3v) is 2.35. The number of rotatable bonds is 2. The number of hydrogen-bond donors (Lipinski definition) is 1. The first-order chi connectivity index (χ1) is 8.06. The van der Waals surface area contributed by atoms with Gasteiger partial charge in [-0.2, -0.15) is 0 Å². The van der Waals surface area contributed by atoms with Crippen LogP contribution < -0.4 is 0 Å². The van der Waals surface area contributed by atoms with Crippen LogP contribution in [-0.2, 0) is 0 Å². The summed E-state index contributed by atoms with van der Waals surface area (Å²) in [7, 11) is 3.44. The average Bonchev–Trinajstić information content (AvgIpc) is 2.30. The van der Waals surface area contributed by atoms with Crippen LogP contribution in [0, 0.1) is 18.8 Å². The molecule has 17 heavy (non-hydrogen) atoms. The molecule has 0 aromatic heterocycles. The summed E-state index contributed by atoms with van der Waals surface area (Å²) in [5, 5.41) is 8.67. The number of amides is 1. The molecule has 1 N–H and O–H groups in total. The lowest BCUT2D eigenvalue weighted by Crippen LogP contribution is -2.21. The smallest absolute Gasteiger partial charge is 0.253 e. The van der Waals surface area contributed by atoms with Gasteiger partial charge in [0, 0.05) is 31.6 Å². The molecule has 1 aromatic rings. The second-order valence-corrected chi connectivity index (χ2v) is 4.00. The van der Waals surface area contributed by atoms with Crippen molar-refractivity contribution in [2.45, 2.75) is 13.3 Å². The van der Waals surface area contributed by atoms with E-state index in [9.17, 15) is 4.79 Å². The van der Waals surface area contributed by atoms with E-state index < -0.39 is 0 Å². The Hall–Kier alpha value is -1.79. The SMILES string of the molecule is Cc1ccc(C(=O)N(C)C)cc1C#CCCO. The van der Waals surface area contributed by atoms with Crippen molar-refractivity contribution < 1.29 is 9.90 Å². The zero-order valence-electron chi connectivity index (χ0n) is 10.4. The summed E-state index contributed by atoms with van der Waals surface area (Å²) in [5.74, 6) is 5.80. The Morgan fingerprint density at radius 3 is 2.71 bits per heavy atom. The molecule has 0 heterocycles. The van der Waals surface area contributed by atoms with Gasteiger partial charge in [0.05, 0.1) is 6.61 Å². The lowest BCUT2D eigenvalue weighted by atomic mass is 10.0. The first-order valence-corrected chi connectivity index (χ1v) is 5.48. The zero-order valence-corrected chi connectivity index (χ0v) is 10.4. The molecule has 1 aromatic carbocycles. The van der Waals surface area contributed by atoms with E-state index in [1.165, 1.54) is 4.90 Å². The maximum absolute atomic E-state index is 11.8. The summed E-state index contributed by atoms with van der Waals surface area (Å²) in [4.78, 5) is 13.3. The van der Waals surface area contributed by atoms with Gasteiger partial charge in [0.25, 0.3) is 5.91 Å². The highest BCUT2D eigenvalue weighted by Gasteiger charge is 2.08. The lowest BCUT2D eigenvalue weighted by molar-refractivity contribution is 0.0827. The van der Waals surface area contributed by atoms with Crippen LogP contribution in [0.5, 0.6) is 0 Å². The summed E-state index contributed by atoms with van der Waals surface area (Å²) < 4.78 is 0. The molecule has 0 aliphatic rings. The van der Waals surface area contributed by atoms with E-state index in [0.29, 0.717) is 12.0 Å². The number of carbonyl (C=O) groups excluding carboxylic acids is 1. The van der Waals surface area contributed by atoms with Crippen LogP contribution in [0.2, 0.25) is 0 Å². The monoisotopic (exact) mass is 231 g/mol. The minimum atomic E-state index is -0.0322. The topological polar surface area (TPSA) is 40.5 Å². The standard InChI is InChI=1S/C14H17NO2/c1-11-7-8-13(14(17)15(2)3)10-12(11)6-4-5-9-16/h7-8,10,16H,5,9H2,1-3H3. The molecule has 0 saturated carbocycles. The summed E-state index contributed by atoms with van der Waals surface area (Å²) in [6.45, 7) is 2.01. The quantitative estimate of drug-likeness (QED) is 0.782. The fourth-order valence-corrected chi connectivity index (χ4v) is 1.36. The Morgan fingerprint density at radius 2 is 2.12 bits per heavy atom. The molecule has 3 heteroatoms. The van der Waals surface area contributed by atoms with Crippen LogP contribution in [0.25, 0.3) is 0 Å². The van der Waals surface area contributed by atoms with Crippen molar-refractivity contribution in [3.8, 4) is 11.8 Å². The van der Waals surface area contributed by atoms with E-state index in [2.05, 4.69) is 11.8 Å². The predicted molar refractivity (Wildman–Crippen MR) is 67.8 cm³/mol. The Balaban J connectivity index is 3.03. The number of aryl methyl sites for hydroxylation is 1. The largest absolute Gasteiger partial charge is 0.395 e. The number of hydrogen-bond acceptors (Lipinski definition) is 2. The first kappa shape index (κ1) is 13.3. The van der Waals surface area contributed by atoms with Gasteiger partial charge in [0.15, 0.2) is 0 Å². The number of nitrogens with zero attached hydrogens (tertiary/aromatic N) is 1. The maximum Gasteiger partial charge on any atom is 0.253 e. The van der Waals surface area contributed by atoms with Crippen LogP contribution in [-0.4, -0.2) is 36.6 Å². The number of aliphatic hydroxyl groups is 1. The lowest BCUT2D eigenvalue weighted by Gasteiger charge is -2.10. The van der Waals surface area contributed by atoms with Gasteiger partial charge in [-0.25, -0.2) is 0 Å². The van der Waals surface area contributed by atoms with Crippen molar-refractivity contribution in [3.63, 3.8) is 0 Å². The first-order valence-electron chi connectivity index (χ1n) is 5.48. The molecule has 0 bridgehead atoms. The van der Waals surface area contributed by atoms with E-state index in [4.69, 9.17) is 5.11 Å². The summed E-state index contributed by atoms with van der Waals surface area (Å²) >= 11 is 0. The number of carbonyl (C=O) groups is 1. The Kier molecular flexibility index (Phi) is 4.74. The van der Waals surface area contributed by atoms with E-state index in [-0.39, 0.29) is 12.5 Å². The summed E-state index contributed by atoms with van der Waals surface area (Å²) in [5.41, 5.74) is 2.51. The number of benzene rings is 1. The molecular weight excluding hydrogens is 214 g/mol. The van der Waals surface area contributed by atoms with Gasteiger partial charge in [-0.15, -0.1) is 0 Å². The van der Waals surface area contributed by atoms with Crippen LogP contribution in [0.15, 0.2) is 18.2 Å². The van der Waals surface area contributed by atoms with Crippen molar-refractivity contribution in [1.29, 1.82) is 0 Å². The summed E-state index contributed by atoms with van der Waals surface area (Å²) in [6.07, 6.45) is 0.450. The van der Waals surface area contributed by atoms with E-state index in [1.807, 2.05) is 13.0 Å². The van der Waals surface area contributed by atoms with Crippen molar-refractivity contribution in [3.05, 3.63) is 34.9 Å². The normalized spacial score (nSPS) is 9.41. The summed E-state index contributed by atoms with van der Waals surface area (Å²) in [6, 6.07) is 5.48. The molecule has 1 rings (SSSR count). The highest BCUT2D eigenvalue weighted by Crippen LogP contribution is 2.11. The third kappa shape index (κ3) is 3.61. The van der Waals surface area contributed by atoms with E-state index >= 15 is 0 Å². The van der Waals surface area contributed by atoms with Crippen LogP contribution in [0.3, 0.4) is 0 Å². The molecule has 0 radical (unpaired) electrons. The van der Waals surface area contributed by atoms with Gasteiger partial charge in [0.1, 0.15) is 0 Å². The minimum Gasteiger partial charge on any atom is -0.395 e. The Morgan fingerprint density at radius 1 is 1.41 bits per heavy atom. The van der Waals surface area contributed by atoms with Gasteiger partial charge in [0.2, 0.25) is 0 Å². The maximum atomic E-state index is 11.8. The van der Waals surface area contributed by atoms with E-state index in [0.717, 1.165) is 11.1 Å². The molecule has 0 spiro atoms. The molecule has 0 fully saturated rings. The molecule has 0 aliphatic heterocycles. The fraction of sp³-hybridized carbons (Fsp3) is 0.357. The van der Waals surface area contributed by atoms with E-state index in [1.54, 1.807) is 26.2 Å². The van der Waals surface area contributed by atoms with Gasteiger partial charge in [-0.1, -0.05) is 17.9 Å². The van der Waals surface area contributed by atoms with Crippen LogP contribution in [0.1, 0.15) is 27.9 Å². The third-order valence-electron chi connectivity index (χ3n) is 2.35. The van der Waals surface area contributed by atoms with Gasteiger partial charge < -0.3 is 10.0 Å². The Labute approximate surface area is 102 Å². The Bertz CT molecular complexity index is 467. The molecule has 90 valence electrons. The van der Waals surface area contributed by atoms with Gasteiger partial charge in [-0.05, 0) is 24.6 Å². The minimum absolute atomic E-state index is 0.0322. The molecular formula is C14H17NO2. The predicted octanol–water partition coefficient (Wildman–Crippen LogP) is 1.43. The van der Waals surface area contributed by atoms with Crippen molar-refractivity contribution in [2.24, 2.45) is 0 Å². The molecule has 0 atom stereocenters. The average molecular weight is 231 g/mol. The molecule has 3 nitrogen and oxygen atoms in total. The molecule has 0 aliphatic carbocycles. The van der Waals surface area contributed by atoms with Crippen molar-refractivity contribution >= 4 is 5.91 Å². The molecule has 1 amide bonds. The van der Waals surface area contributed by atoms with Crippen molar-refractivity contribution in [2.75, 3.05) is 20.7 Å². The van der Waals surface area contributed by atoms with Gasteiger partial charge in [-0.3, -0.25) is 4.79 Å².